The lowest BCUT2D eigenvalue weighted by Crippen LogP contribution is -2.28. The van der Waals surface area contributed by atoms with Gasteiger partial charge in [-0.1, -0.05) is 18.2 Å². The molecule has 0 bridgehead atoms. The lowest BCUT2D eigenvalue weighted by molar-refractivity contribution is -0.121. The van der Waals surface area contributed by atoms with Crippen LogP contribution in [-0.4, -0.2) is 31.2 Å². The van der Waals surface area contributed by atoms with Crippen LogP contribution in [-0.2, 0) is 11.2 Å². The number of H-pyrrole nitrogens is 1. The molecule has 140 valence electrons. The van der Waals surface area contributed by atoms with E-state index in [0.717, 1.165) is 22.4 Å². The molecule has 2 aromatic carbocycles. The van der Waals surface area contributed by atoms with Crippen molar-refractivity contribution < 1.29 is 14.3 Å². The van der Waals surface area contributed by atoms with Gasteiger partial charge < -0.3 is 19.8 Å². The molecule has 27 heavy (non-hydrogen) atoms. The van der Waals surface area contributed by atoms with Gasteiger partial charge in [0.1, 0.15) is 11.5 Å². The van der Waals surface area contributed by atoms with Crippen LogP contribution in [0.4, 0.5) is 0 Å². The summed E-state index contributed by atoms with van der Waals surface area (Å²) in [6.07, 6.45) is 0.716. The predicted molar refractivity (Wildman–Crippen MR) is 104 cm³/mol. The van der Waals surface area contributed by atoms with Gasteiger partial charge in [-0.3, -0.25) is 9.59 Å². The van der Waals surface area contributed by atoms with Crippen molar-refractivity contribution in [3.63, 3.8) is 0 Å². The number of carbonyl (C=O) groups excluding carboxylic acids is 1. The highest BCUT2D eigenvalue weighted by Crippen LogP contribution is 2.18. The summed E-state index contributed by atoms with van der Waals surface area (Å²) in [6.45, 7) is 0.703. The summed E-state index contributed by atoms with van der Waals surface area (Å²) in [5, 5.41) is 3.71. The Hall–Kier alpha value is -3.28. The van der Waals surface area contributed by atoms with Crippen LogP contribution in [0.25, 0.3) is 10.9 Å². The molecule has 1 amide bonds. The van der Waals surface area contributed by atoms with E-state index < -0.39 is 0 Å². The third-order valence-electron chi connectivity index (χ3n) is 4.19. The van der Waals surface area contributed by atoms with E-state index in [1.165, 1.54) is 0 Å². The number of para-hydroxylation sites is 1. The zero-order valence-corrected chi connectivity index (χ0v) is 15.2. The van der Waals surface area contributed by atoms with E-state index in [1.807, 2.05) is 48.5 Å². The average Bonchev–Trinajstić information content (AvgIpc) is 2.69. The summed E-state index contributed by atoms with van der Waals surface area (Å²) in [5.41, 5.74) is 1.23. The Bertz CT molecular complexity index is 967. The number of aromatic nitrogens is 1. The van der Waals surface area contributed by atoms with Crippen LogP contribution in [0.15, 0.2) is 59.4 Å². The Kier molecular flexibility index (Phi) is 6.10. The SMILES string of the molecule is COc1ccc2[nH]c(=O)c(CCNC(=O)CCOc3ccccc3)cc2c1. The summed E-state index contributed by atoms with van der Waals surface area (Å²) < 4.78 is 10.7. The molecular weight excluding hydrogens is 344 g/mol. The molecule has 0 saturated heterocycles. The van der Waals surface area contributed by atoms with Gasteiger partial charge in [0.15, 0.2) is 0 Å². The summed E-state index contributed by atoms with van der Waals surface area (Å²) >= 11 is 0. The molecule has 3 rings (SSSR count). The Balaban J connectivity index is 1.50. The van der Waals surface area contributed by atoms with E-state index in [-0.39, 0.29) is 17.9 Å². The molecule has 0 aliphatic rings. The number of hydrogen-bond donors (Lipinski definition) is 2. The Morgan fingerprint density at radius 2 is 1.89 bits per heavy atom. The second-order valence-electron chi connectivity index (χ2n) is 6.09. The third-order valence-corrected chi connectivity index (χ3v) is 4.19. The van der Waals surface area contributed by atoms with Gasteiger partial charge in [-0.05, 0) is 42.8 Å². The van der Waals surface area contributed by atoms with E-state index in [1.54, 1.807) is 13.2 Å². The van der Waals surface area contributed by atoms with Crippen molar-refractivity contribution in [1.29, 1.82) is 0 Å². The number of nitrogens with one attached hydrogen (secondary N) is 2. The van der Waals surface area contributed by atoms with Gasteiger partial charge in [0, 0.05) is 23.0 Å². The van der Waals surface area contributed by atoms with Gasteiger partial charge in [-0.15, -0.1) is 0 Å². The normalized spacial score (nSPS) is 10.6. The number of amides is 1. The van der Waals surface area contributed by atoms with Crippen LogP contribution in [0.5, 0.6) is 11.5 Å². The first kappa shape index (κ1) is 18.5. The van der Waals surface area contributed by atoms with Gasteiger partial charge in [0.05, 0.1) is 20.1 Å². The number of benzene rings is 2. The number of ether oxygens (including phenoxy) is 2. The first-order valence-electron chi connectivity index (χ1n) is 8.80. The minimum absolute atomic E-state index is 0.107. The van der Waals surface area contributed by atoms with Crippen molar-refractivity contribution in [2.45, 2.75) is 12.8 Å². The first-order valence-corrected chi connectivity index (χ1v) is 8.80. The molecule has 1 aromatic heterocycles. The highest BCUT2D eigenvalue weighted by Gasteiger charge is 2.06. The van der Waals surface area contributed by atoms with Gasteiger partial charge in [-0.2, -0.15) is 0 Å². The second kappa shape index (κ2) is 8.89. The lowest BCUT2D eigenvalue weighted by Gasteiger charge is -2.08. The van der Waals surface area contributed by atoms with Gasteiger partial charge >= 0.3 is 0 Å². The standard InChI is InChI=1S/C21H22N2O4/c1-26-18-7-8-19-16(14-18)13-15(21(25)23-19)9-11-22-20(24)10-12-27-17-5-3-2-4-6-17/h2-8,13-14H,9-12H2,1H3,(H,22,24)(H,23,25). The molecular formula is C21H22N2O4. The zero-order valence-electron chi connectivity index (χ0n) is 15.2. The minimum atomic E-state index is -0.144. The molecule has 0 unspecified atom stereocenters. The van der Waals surface area contributed by atoms with Crippen LogP contribution < -0.4 is 20.3 Å². The Morgan fingerprint density at radius 3 is 2.67 bits per heavy atom. The fourth-order valence-electron chi connectivity index (χ4n) is 2.75. The molecule has 0 radical (unpaired) electrons. The molecule has 0 fully saturated rings. The maximum atomic E-state index is 12.2. The van der Waals surface area contributed by atoms with Crippen LogP contribution in [0.2, 0.25) is 0 Å². The monoisotopic (exact) mass is 366 g/mol. The van der Waals surface area contributed by atoms with Crippen LogP contribution in [0.1, 0.15) is 12.0 Å². The zero-order chi connectivity index (χ0) is 19.1. The number of aromatic amines is 1. The average molecular weight is 366 g/mol. The largest absolute Gasteiger partial charge is 0.497 e. The van der Waals surface area contributed by atoms with E-state index >= 15 is 0 Å². The Labute approximate surface area is 157 Å². The topological polar surface area (TPSA) is 80.4 Å². The number of hydrogen-bond acceptors (Lipinski definition) is 4. The molecule has 6 heteroatoms. The predicted octanol–water partition coefficient (Wildman–Crippen LogP) is 2.66. The minimum Gasteiger partial charge on any atom is -0.497 e. The van der Waals surface area contributed by atoms with Crippen molar-refractivity contribution in [3.8, 4) is 11.5 Å². The maximum Gasteiger partial charge on any atom is 0.251 e. The summed E-state index contributed by atoms with van der Waals surface area (Å²) in [7, 11) is 1.60. The number of fused-ring (bicyclic) bond motifs is 1. The van der Waals surface area contributed by atoms with E-state index in [4.69, 9.17) is 9.47 Å². The molecule has 0 spiro atoms. The van der Waals surface area contributed by atoms with Gasteiger partial charge in [0.25, 0.3) is 5.56 Å². The quantitative estimate of drug-likeness (QED) is 0.642. The lowest BCUT2D eigenvalue weighted by atomic mass is 10.1. The fraction of sp³-hybridized carbons (Fsp3) is 0.238. The molecule has 1 heterocycles. The third kappa shape index (κ3) is 5.10. The highest BCUT2D eigenvalue weighted by molar-refractivity contribution is 5.80. The first-order chi connectivity index (χ1) is 13.2. The number of methoxy groups -OCH3 is 1. The molecule has 2 N–H and O–H groups in total. The van der Waals surface area contributed by atoms with Crippen molar-refractivity contribution >= 4 is 16.8 Å². The summed E-state index contributed by atoms with van der Waals surface area (Å²) in [4.78, 5) is 26.9. The number of pyridine rings is 1. The number of rotatable bonds is 8. The molecule has 6 nitrogen and oxygen atoms in total. The summed E-state index contributed by atoms with van der Waals surface area (Å²) in [6, 6.07) is 16.7. The van der Waals surface area contributed by atoms with E-state index in [2.05, 4.69) is 10.3 Å². The van der Waals surface area contributed by atoms with Crippen molar-refractivity contribution in [2.24, 2.45) is 0 Å². The van der Waals surface area contributed by atoms with Crippen molar-refractivity contribution in [2.75, 3.05) is 20.3 Å². The Morgan fingerprint density at radius 1 is 1.07 bits per heavy atom. The van der Waals surface area contributed by atoms with Gasteiger partial charge in [0.2, 0.25) is 5.91 Å². The highest BCUT2D eigenvalue weighted by atomic mass is 16.5. The van der Waals surface area contributed by atoms with Crippen LogP contribution in [0.3, 0.4) is 0 Å². The van der Waals surface area contributed by atoms with Crippen LogP contribution in [0, 0.1) is 0 Å². The van der Waals surface area contributed by atoms with E-state index in [9.17, 15) is 9.59 Å². The molecule has 0 aliphatic heterocycles. The van der Waals surface area contributed by atoms with E-state index in [0.29, 0.717) is 25.1 Å². The molecule has 0 aliphatic carbocycles. The summed E-state index contributed by atoms with van der Waals surface area (Å²) in [5.74, 6) is 1.36. The van der Waals surface area contributed by atoms with Crippen LogP contribution >= 0.6 is 0 Å². The van der Waals surface area contributed by atoms with Gasteiger partial charge in [-0.25, -0.2) is 0 Å². The molecule has 3 aromatic rings. The van der Waals surface area contributed by atoms with Crippen molar-refractivity contribution in [1.82, 2.24) is 10.3 Å². The van der Waals surface area contributed by atoms with Crippen molar-refractivity contribution in [3.05, 3.63) is 70.5 Å². The molecule has 0 saturated carbocycles. The smallest absolute Gasteiger partial charge is 0.251 e. The molecule has 0 atom stereocenters. The second-order valence-corrected chi connectivity index (χ2v) is 6.09. The number of carbonyl (C=O) groups is 1. The fourth-order valence-corrected chi connectivity index (χ4v) is 2.75. The maximum absolute atomic E-state index is 12.2.